The minimum absolute atomic E-state index is 0.346. The molecule has 1 heterocycles. The molecule has 0 bridgehead atoms. The van der Waals surface area contributed by atoms with Crippen molar-refractivity contribution in [2.75, 3.05) is 5.32 Å². The van der Waals surface area contributed by atoms with Crippen LogP contribution in [0.15, 0.2) is 59.7 Å². The topological polar surface area (TPSA) is 44.7 Å². The summed E-state index contributed by atoms with van der Waals surface area (Å²) in [5, 5.41) is 8.61. The average Bonchev–Trinajstić information content (AvgIpc) is 3.03. The summed E-state index contributed by atoms with van der Waals surface area (Å²) in [6.07, 6.45) is 0.517. The van der Waals surface area contributed by atoms with Crippen LogP contribution >= 0.6 is 23.2 Å². The highest BCUT2D eigenvalue weighted by Gasteiger charge is 2.36. The standard InChI is InChI=1S/C18H17Cl2N3O/c1-12-7-9-14(10-8-12)21-18(24)23-16(17(19)20)11-15(22-23)13-5-3-2-4-6-13/h2-10,16-17H,11H2,1H3,(H,21,24). The Morgan fingerprint density at radius 2 is 1.83 bits per heavy atom. The number of carbonyl (C=O) groups excluding carboxylic acids is 1. The van der Waals surface area contributed by atoms with Crippen LogP contribution in [0.2, 0.25) is 0 Å². The summed E-state index contributed by atoms with van der Waals surface area (Å²) in [6, 6.07) is 16.5. The van der Waals surface area contributed by atoms with Gasteiger partial charge in [-0.15, -0.1) is 23.2 Å². The zero-order chi connectivity index (χ0) is 17.1. The molecule has 124 valence electrons. The molecule has 1 atom stereocenters. The van der Waals surface area contributed by atoms with E-state index in [9.17, 15) is 4.79 Å². The number of amides is 2. The molecule has 0 saturated heterocycles. The normalized spacial score (nSPS) is 17.1. The Hall–Kier alpha value is -2.04. The zero-order valence-corrected chi connectivity index (χ0v) is 14.6. The highest BCUT2D eigenvalue weighted by atomic mass is 35.5. The Kier molecular flexibility index (Phi) is 5.07. The van der Waals surface area contributed by atoms with Gasteiger partial charge in [-0.25, -0.2) is 9.80 Å². The lowest BCUT2D eigenvalue weighted by Crippen LogP contribution is -2.39. The molecule has 6 heteroatoms. The van der Waals surface area contributed by atoms with Crippen molar-refractivity contribution in [2.24, 2.45) is 5.10 Å². The lowest BCUT2D eigenvalue weighted by Gasteiger charge is -2.22. The van der Waals surface area contributed by atoms with Crippen molar-refractivity contribution in [1.29, 1.82) is 0 Å². The second-order valence-electron chi connectivity index (χ2n) is 5.66. The van der Waals surface area contributed by atoms with Crippen LogP contribution < -0.4 is 5.32 Å². The largest absolute Gasteiger partial charge is 0.342 e. The van der Waals surface area contributed by atoms with Gasteiger partial charge in [-0.2, -0.15) is 5.10 Å². The Bertz CT molecular complexity index is 745. The number of nitrogens with one attached hydrogen (secondary N) is 1. The van der Waals surface area contributed by atoms with Gasteiger partial charge in [0.15, 0.2) is 0 Å². The second-order valence-corrected chi connectivity index (χ2v) is 6.82. The van der Waals surface area contributed by atoms with Gasteiger partial charge in [0.05, 0.1) is 11.8 Å². The molecule has 1 N–H and O–H groups in total. The van der Waals surface area contributed by atoms with E-state index in [4.69, 9.17) is 23.2 Å². The number of halogens is 2. The highest BCUT2D eigenvalue weighted by molar-refractivity contribution is 6.45. The third-order valence-corrected chi connectivity index (χ3v) is 4.44. The molecular formula is C18H17Cl2N3O. The average molecular weight is 362 g/mol. The number of nitrogens with zero attached hydrogens (tertiary/aromatic N) is 2. The van der Waals surface area contributed by atoms with E-state index in [2.05, 4.69) is 10.4 Å². The van der Waals surface area contributed by atoms with E-state index in [-0.39, 0.29) is 6.03 Å². The Balaban J connectivity index is 1.81. The lowest BCUT2D eigenvalue weighted by molar-refractivity contribution is 0.202. The first kappa shape index (κ1) is 16.8. The van der Waals surface area contributed by atoms with Crippen molar-refractivity contribution in [3.63, 3.8) is 0 Å². The van der Waals surface area contributed by atoms with Gasteiger partial charge in [-0.1, -0.05) is 48.0 Å². The van der Waals surface area contributed by atoms with Gasteiger partial charge in [0.2, 0.25) is 0 Å². The van der Waals surface area contributed by atoms with Crippen molar-refractivity contribution in [3.8, 4) is 0 Å². The van der Waals surface area contributed by atoms with Crippen molar-refractivity contribution >= 4 is 40.6 Å². The van der Waals surface area contributed by atoms with Gasteiger partial charge in [-0.05, 0) is 24.6 Å². The van der Waals surface area contributed by atoms with Crippen molar-refractivity contribution in [2.45, 2.75) is 24.2 Å². The molecule has 0 radical (unpaired) electrons. The number of carbonyl (C=O) groups is 1. The van der Waals surface area contributed by atoms with E-state index in [1.807, 2.05) is 61.5 Å². The molecule has 4 nitrogen and oxygen atoms in total. The molecule has 0 spiro atoms. The summed E-state index contributed by atoms with van der Waals surface area (Å²) in [6.45, 7) is 1.99. The van der Waals surface area contributed by atoms with Gasteiger partial charge < -0.3 is 5.32 Å². The summed E-state index contributed by atoms with van der Waals surface area (Å²) in [5.74, 6) is 0. The first-order valence-corrected chi connectivity index (χ1v) is 8.50. The van der Waals surface area contributed by atoms with Crippen molar-refractivity contribution in [1.82, 2.24) is 5.01 Å². The predicted octanol–water partition coefficient (Wildman–Crippen LogP) is 4.81. The second kappa shape index (κ2) is 7.24. The Morgan fingerprint density at radius 3 is 2.46 bits per heavy atom. The number of urea groups is 1. The van der Waals surface area contributed by atoms with Crippen LogP contribution in [0.4, 0.5) is 10.5 Å². The monoisotopic (exact) mass is 361 g/mol. The maximum absolute atomic E-state index is 12.6. The van der Waals surface area contributed by atoms with Crippen molar-refractivity contribution in [3.05, 3.63) is 65.7 Å². The van der Waals surface area contributed by atoms with Crippen LogP contribution in [0.3, 0.4) is 0 Å². The van der Waals surface area contributed by atoms with E-state index in [1.54, 1.807) is 0 Å². The number of rotatable bonds is 3. The fourth-order valence-electron chi connectivity index (χ4n) is 2.55. The third kappa shape index (κ3) is 3.71. The summed E-state index contributed by atoms with van der Waals surface area (Å²) in [7, 11) is 0. The van der Waals surface area contributed by atoms with Gasteiger partial charge >= 0.3 is 6.03 Å². The first-order chi connectivity index (χ1) is 11.5. The molecule has 0 aliphatic carbocycles. The molecule has 1 aliphatic rings. The van der Waals surface area contributed by atoms with Crippen LogP contribution in [-0.4, -0.2) is 27.6 Å². The van der Waals surface area contributed by atoms with E-state index in [1.165, 1.54) is 5.01 Å². The van der Waals surface area contributed by atoms with Gasteiger partial charge in [0, 0.05) is 12.1 Å². The van der Waals surface area contributed by atoms with E-state index < -0.39 is 10.9 Å². The number of alkyl halides is 2. The summed E-state index contributed by atoms with van der Waals surface area (Å²) < 4.78 is 0. The highest BCUT2D eigenvalue weighted by Crippen LogP contribution is 2.27. The minimum atomic E-state index is -0.723. The lowest BCUT2D eigenvalue weighted by atomic mass is 10.1. The van der Waals surface area contributed by atoms with E-state index in [0.717, 1.165) is 16.8 Å². The Morgan fingerprint density at radius 1 is 1.17 bits per heavy atom. The van der Waals surface area contributed by atoms with E-state index in [0.29, 0.717) is 12.1 Å². The van der Waals surface area contributed by atoms with Crippen LogP contribution in [0.5, 0.6) is 0 Å². The SMILES string of the molecule is Cc1ccc(NC(=O)N2N=C(c3ccccc3)CC2C(Cl)Cl)cc1. The van der Waals surface area contributed by atoms with Crippen LogP contribution in [0.1, 0.15) is 17.5 Å². The van der Waals surface area contributed by atoms with Gasteiger partial charge in [0.1, 0.15) is 4.84 Å². The number of hydrazone groups is 1. The molecule has 0 aromatic heterocycles. The Labute approximate surface area is 151 Å². The van der Waals surface area contributed by atoms with Crippen molar-refractivity contribution < 1.29 is 4.79 Å². The maximum Gasteiger partial charge on any atom is 0.342 e. The third-order valence-electron chi connectivity index (χ3n) is 3.85. The quantitative estimate of drug-likeness (QED) is 0.783. The van der Waals surface area contributed by atoms with E-state index >= 15 is 0 Å². The molecular weight excluding hydrogens is 345 g/mol. The molecule has 1 aliphatic heterocycles. The minimum Gasteiger partial charge on any atom is -0.306 e. The molecule has 2 aromatic rings. The number of hydrogen-bond acceptors (Lipinski definition) is 2. The van der Waals surface area contributed by atoms with Crippen LogP contribution in [0.25, 0.3) is 0 Å². The maximum atomic E-state index is 12.6. The fraction of sp³-hybridized carbons (Fsp3) is 0.222. The number of benzene rings is 2. The number of anilines is 1. The number of hydrogen-bond donors (Lipinski definition) is 1. The van der Waals surface area contributed by atoms with Gasteiger partial charge in [0.25, 0.3) is 0 Å². The van der Waals surface area contributed by atoms with Crippen LogP contribution in [0, 0.1) is 6.92 Å². The molecule has 1 unspecified atom stereocenters. The fourth-order valence-corrected chi connectivity index (χ4v) is 2.94. The summed E-state index contributed by atoms with van der Waals surface area (Å²) in [5.41, 5.74) is 3.58. The molecule has 2 aromatic carbocycles. The smallest absolute Gasteiger partial charge is 0.306 e. The molecule has 3 rings (SSSR count). The summed E-state index contributed by atoms with van der Waals surface area (Å²) in [4.78, 5) is 11.9. The first-order valence-electron chi connectivity index (χ1n) is 7.62. The molecule has 0 saturated carbocycles. The number of aryl methyl sites for hydroxylation is 1. The molecule has 2 amide bonds. The molecule has 24 heavy (non-hydrogen) atoms. The molecule has 0 fully saturated rings. The van der Waals surface area contributed by atoms with Gasteiger partial charge in [-0.3, -0.25) is 0 Å². The zero-order valence-electron chi connectivity index (χ0n) is 13.1. The predicted molar refractivity (Wildman–Crippen MR) is 98.9 cm³/mol. The van der Waals surface area contributed by atoms with Crippen LogP contribution in [-0.2, 0) is 0 Å². The summed E-state index contributed by atoms with van der Waals surface area (Å²) >= 11 is 12.1.